The maximum Gasteiger partial charge on any atom is 0.330 e. The van der Waals surface area contributed by atoms with Crippen molar-refractivity contribution in [1.82, 2.24) is 9.55 Å². The van der Waals surface area contributed by atoms with Gasteiger partial charge in [-0.05, 0) is 24.3 Å². The number of aliphatic hydroxyl groups is 2. The van der Waals surface area contributed by atoms with Gasteiger partial charge in [0.2, 0.25) is 0 Å². The highest BCUT2D eigenvalue weighted by Gasteiger charge is 2.35. The van der Waals surface area contributed by atoms with Crippen molar-refractivity contribution in [1.29, 1.82) is 0 Å². The van der Waals surface area contributed by atoms with Crippen molar-refractivity contribution < 1.29 is 20.1 Å². The van der Waals surface area contributed by atoms with Gasteiger partial charge in [0.1, 0.15) is 23.6 Å². The fraction of sp³-hybridized carbons (Fsp3) is 0.294. The van der Waals surface area contributed by atoms with E-state index in [1.54, 1.807) is 12.1 Å². The van der Waals surface area contributed by atoms with Crippen LogP contribution in [0.15, 0.2) is 40.1 Å². The monoisotopic (exact) mass is 344 g/mol. The van der Waals surface area contributed by atoms with Crippen molar-refractivity contribution in [3.8, 4) is 17.6 Å². The molecule has 8 heteroatoms. The molecule has 0 radical (unpaired) electrons. The molecular formula is C17H16N2O6. The predicted octanol–water partition coefficient (Wildman–Crippen LogP) is -0.717. The molecule has 3 atom stereocenters. The Labute approximate surface area is 142 Å². The molecule has 3 rings (SSSR count). The highest BCUT2D eigenvalue weighted by molar-refractivity contribution is 5.42. The van der Waals surface area contributed by atoms with Crippen molar-refractivity contribution in [2.45, 2.75) is 24.9 Å². The Kier molecular flexibility index (Phi) is 4.72. The summed E-state index contributed by atoms with van der Waals surface area (Å²) in [6.45, 7) is -0.372. The van der Waals surface area contributed by atoms with Gasteiger partial charge in [0, 0.05) is 18.2 Å². The van der Waals surface area contributed by atoms with Crippen LogP contribution in [0, 0.1) is 11.8 Å². The fourth-order valence-corrected chi connectivity index (χ4v) is 2.52. The smallest absolute Gasteiger partial charge is 0.330 e. The van der Waals surface area contributed by atoms with Gasteiger partial charge in [-0.3, -0.25) is 14.3 Å². The van der Waals surface area contributed by atoms with E-state index in [4.69, 9.17) is 9.84 Å². The van der Waals surface area contributed by atoms with Gasteiger partial charge < -0.3 is 20.1 Å². The zero-order valence-corrected chi connectivity index (χ0v) is 13.0. The van der Waals surface area contributed by atoms with E-state index in [1.807, 2.05) is 0 Å². The highest BCUT2D eigenvalue weighted by Crippen LogP contribution is 2.27. The maximum atomic E-state index is 12.0. The van der Waals surface area contributed by atoms with Crippen LogP contribution in [-0.2, 0) is 4.74 Å². The van der Waals surface area contributed by atoms with Crippen LogP contribution < -0.4 is 11.2 Å². The van der Waals surface area contributed by atoms with Gasteiger partial charge in [0.15, 0.2) is 0 Å². The summed E-state index contributed by atoms with van der Waals surface area (Å²) in [5.74, 6) is 5.55. The summed E-state index contributed by atoms with van der Waals surface area (Å²) in [6, 6.07) is 6.12. The summed E-state index contributed by atoms with van der Waals surface area (Å²) >= 11 is 0. The summed E-state index contributed by atoms with van der Waals surface area (Å²) in [5.41, 5.74) is -0.679. The lowest BCUT2D eigenvalue weighted by Crippen LogP contribution is -2.33. The number of phenols is 1. The van der Waals surface area contributed by atoms with Gasteiger partial charge in [-0.1, -0.05) is 11.8 Å². The second-order valence-corrected chi connectivity index (χ2v) is 5.62. The zero-order chi connectivity index (χ0) is 18.0. The first-order valence-corrected chi connectivity index (χ1v) is 7.59. The van der Waals surface area contributed by atoms with Gasteiger partial charge in [-0.2, -0.15) is 0 Å². The maximum absolute atomic E-state index is 12.0. The molecule has 130 valence electrons. The molecule has 1 saturated heterocycles. The minimum atomic E-state index is -0.902. The third-order valence-electron chi connectivity index (χ3n) is 3.87. The molecule has 1 aromatic carbocycles. The van der Waals surface area contributed by atoms with Gasteiger partial charge >= 0.3 is 5.69 Å². The number of benzene rings is 1. The number of hydrogen-bond acceptors (Lipinski definition) is 6. The number of aromatic hydroxyl groups is 1. The van der Waals surface area contributed by atoms with E-state index in [0.29, 0.717) is 5.56 Å². The van der Waals surface area contributed by atoms with Crippen LogP contribution in [0.1, 0.15) is 23.8 Å². The number of phenolic OH excluding ortho intramolecular Hbond substituents is 1. The molecule has 1 aromatic heterocycles. The molecule has 1 aliphatic heterocycles. The van der Waals surface area contributed by atoms with E-state index < -0.39 is 29.7 Å². The van der Waals surface area contributed by atoms with Crippen LogP contribution in [0.25, 0.3) is 0 Å². The first-order chi connectivity index (χ1) is 12.0. The van der Waals surface area contributed by atoms with Crippen LogP contribution >= 0.6 is 0 Å². The summed E-state index contributed by atoms with van der Waals surface area (Å²) < 4.78 is 6.57. The van der Waals surface area contributed by atoms with E-state index in [9.17, 15) is 19.8 Å². The summed E-state index contributed by atoms with van der Waals surface area (Å²) in [7, 11) is 0. The van der Waals surface area contributed by atoms with Crippen molar-refractivity contribution in [2.75, 3.05) is 6.61 Å². The Balaban J connectivity index is 1.93. The fourth-order valence-electron chi connectivity index (χ4n) is 2.52. The summed E-state index contributed by atoms with van der Waals surface area (Å²) in [6.07, 6.45) is -1.10. The second-order valence-electron chi connectivity index (χ2n) is 5.62. The average molecular weight is 344 g/mol. The van der Waals surface area contributed by atoms with Crippen molar-refractivity contribution in [2.24, 2.45) is 0 Å². The summed E-state index contributed by atoms with van der Waals surface area (Å²) in [4.78, 5) is 26.1. The molecule has 0 amide bonds. The van der Waals surface area contributed by atoms with Gasteiger partial charge in [0.25, 0.3) is 5.56 Å². The molecular weight excluding hydrogens is 328 g/mol. The molecule has 0 aliphatic carbocycles. The first-order valence-electron chi connectivity index (χ1n) is 7.59. The Morgan fingerprint density at radius 3 is 2.60 bits per heavy atom. The third kappa shape index (κ3) is 3.64. The van der Waals surface area contributed by atoms with Crippen LogP contribution in [0.3, 0.4) is 0 Å². The first kappa shape index (κ1) is 17.0. The topological polar surface area (TPSA) is 125 Å². The number of aromatic nitrogens is 2. The van der Waals surface area contributed by atoms with Crippen molar-refractivity contribution >= 4 is 0 Å². The van der Waals surface area contributed by atoms with Gasteiger partial charge in [-0.25, -0.2) is 4.79 Å². The number of nitrogens with one attached hydrogen (secondary N) is 1. The number of H-pyrrole nitrogens is 1. The van der Waals surface area contributed by atoms with E-state index >= 15 is 0 Å². The van der Waals surface area contributed by atoms with E-state index in [-0.39, 0.29) is 24.3 Å². The molecule has 0 unspecified atom stereocenters. The van der Waals surface area contributed by atoms with E-state index in [0.717, 1.165) is 4.57 Å². The van der Waals surface area contributed by atoms with Gasteiger partial charge in [0.05, 0.1) is 12.7 Å². The molecule has 8 nitrogen and oxygen atoms in total. The Hall–Kier alpha value is -2.86. The minimum absolute atomic E-state index is 0.0539. The van der Waals surface area contributed by atoms with Crippen molar-refractivity contribution in [3.05, 3.63) is 62.4 Å². The standard InChI is InChI=1S/C17H16N2O6/c20-9-14-13(22)7-15(25-14)19-8-11(16(23)18-17(19)24)4-1-10-2-5-12(21)6-3-10/h2-3,5-6,8,13-15,20-22H,7,9H2,(H,18,23,24)/t13-,14+,15+/m0/s1. The molecule has 1 aliphatic rings. The van der Waals surface area contributed by atoms with Gasteiger partial charge in [-0.15, -0.1) is 0 Å². The number of aromatic amines is 1. The normalized spacial score (nSPS) is 22.4. The number of rotatable bonds is 2. The molecule has 2 heterocycles. The molecule has 1 fully saturated rings. The SMILES string of the molecule is O=c1[nH]c(=O)n([C@H]2C[C@H](O)[C@@H](CO)O2)cc1C#Cc1ccc(O)cc1. The van der Waals surface area contributed by atoms with Crippen LogP contribution in [-0.4, -0.2) is 43.7 Å². The molecule has 25 heavy (non-hydrogen) atoms. The highest BCUT2D eigenvalue weighted by atomic mass is 16.5. The number of ether oxygens (including phenoxy) is 1. The average Bonchev–Trinajstić information content (AvgIpc) is 2.96. The minimum Gasteiger partial charge on any atom is -0.508 e. The van der Waals surface area contributed by atoms with Crippen LogP contribution in [0.5, 0.6) is 5.75 Å². The lowest BCUT2D eigenvalue weighted by molar-refractivity contribution is -0.0459. The number of hydrogen-bond donors (Lipinski definition) is 4. The molecule has 2 aromatic rings. The largest absolute Gasteiger partial charge is 0.508 e. The zero-order valence-electron chi connectivity index (χ0n) is 13.0. The molecule has 0 spiro atoms. The lowest BCUT2D eigenvalue weighted by atomic mass is 10.2. The van der Waals surface area contributed by atoms with Crippen LogP contribution in [0.4, 0.5) is 0 Å². The Morgan fingerprint density at radius 1 is 1.24 bits per heavy atom. The Bertz CT molecular complexity index is 935. The quantitative estimate of drug-likeness (QED) is 0.533. The Morgan fingerprint density at radius 2 is 1.96 bits per heavy atom. The van der Waals surface area contributed by atoms with E-state index in [1.165, 1.54) is 18.3 Å². The lowest BCUT2D eigenvalue weighted by Gasteiger charge is -2.14. The molecule has 0 saturated carbocycles. The third-order valence-corrected chi connectivity index (χ3v) is 3.87. The number of aliphatic hydroxyl groups excluding tert-OH is 2. The van der Waals surface area contributed by atoms with Crippen molar-refractivity contribution in [3.63, 3.8) is 0 Å². The summed E-state index contributed by atoms with van der Waals surface area (Å²) in [5, 5.41) is 28.2. The van der Waals surface area contributed by atoms with Crippen LogP contribution in [0.2, 0.25) is 0 Å². The second kappa shape index (κ2) is 6.94. The number of nitrogens with zero attached hydrogens (tertiary/aromatic N) is 1. The molecule has 0 bridgehead atoms. The molecule has 4 N–H and O–H groups in total. The predicted molar refractivity (Wildman–Crippen MR) is 87.0 cm³/mol. The van der Waals surface area contributed by atoms with E-state index in [2.05, 4.69) is 16.8 Å².